The van der Waals surface area contributed by atoms with Crippen molar-refractivity contribution in [3.63, 3.8) is 0 Å². The standard InChI is InChI=1S/C28H24F3N3O6S.ClH/c1-17-14-20(18-5-7-22(8-6-18)40-28(29,30)31)15-24(26(35)34-36)25(17)33-27(19-4-3-13-32-16-19)41(37,38)23-11-9-21(39-2)10-12-23;/h3-16,27,33,36H,1-2H3,(H,34,35);1H. The van der Waals surface area contributed by atoms with Crippen LogP contribution in [0.15, 0.2) is 90.1 Å². The van der Waals surface area contributed by atoms with E-state index in [1.807, 2.05) is 0 Å². The number of aryl methyl sites for hydroxylation is 1. The van der Waals surface area contributed by atoms with Gasteiger partial charge < -0.3 is 14.8 Å². The van der Waals surface area contributed by atoms with E-state index in [-0.39, 0.29) is 34.1 Å². The molecule has 0 spiro atoms. The maximum absolute atomic E-state index is 13.8. The molecule has 0 aliphatic carbocycles. The summed E-state index contributed by atoms with van der Waals surface area (Å²) in [5.41, 5.74) is 3.10. The number of alkyl halides is 3. The van der Waals surface area contributed by atoms with E-state index >= 15 is 0 Å². The Bertz CT molecular complexity index is 1640. The first-order chi connectivity index (χ1) is 19.4. The number of benzene rings is 3. The van der Waals surface area contributed by atoms with Gasteiger partial charge in [0.25, 0.3) is 5.91 Å². The molecule has 1 aromatic heterocycles. The normalized spacial score (nSPS) is 12.0. The smallest absolute Gasteiger partial charge is 0.497 e. The van der Waals surface area contributed by atoms with Crippen LogP contribution >= 0.6 is 12.4 Å². The molecule has 1 atom stereocenters. The fourth-order valence-electron chi connectivity index (χ4n) is 4.14. The molecule has 4 aromatic rings. The molecule has 3 N–H and O–H groups in total. The largest absolute Gasteiger partial charge is 0.573 e. The van der Waals surface area contributed by atoms with Gasteiger partial charge in [0, 0.05) is 18.0 Å². The molecule has 0 fully saturated rings. The lowest BCUT2D eigenvalue weighted by molar-refractivity contribution is -0.274. The predicted octanol–water partition coefficient (Wildman–Crippen LogP) is 6.09. The summed E-state index contributed by atoms with van der Waals surface area (Å²) in [6.45, 7) is 1.61. The minimum Gasteiger partial charge on any atom is -0.497 e. The van der Waals surface area contributed by atoms with Gasteiger partial charge in [-0.15, -0.1) is 25.6 Å². The van der Waals surface area contributed by atoms with Crippen molar-refractivity contribution in [2.45, 2.75) is 23.6 Å². The number of amides is 1. The highest BCUT2D eigenvalue weighted by atomic mass is 35.5. The molecule has 0 bridgehead atoms. The summed E-state index contributed by atoms with van der Waals surface area (Å²) < 4.78 is 74.4. The first kappa shape index (κ1) is 32.2. The van der Waals surface area contributed by atoms with Gasteiger partial charge in [0.2, 0.25) is 9.84 Å². The Morgan fingerprint density at radius 1 is 0.976 bits per heavy atom. The van der Waals surface area contributed by atoms with Crippen LogP contribution in [-0.2, 0) is 9.84 Å². The lowest BCUT2D eigenvalue weighted by Gasteiger charge is -2.24. The molecular weight excluding hydrogens is 599 g/mol. The third-order valence-corrected chi connectivity index (χ3v) is 8.00. The molecule has 1 unspecified atom stereocenters. The Morgan fingerprint density at radius 2 is 1.62 bits per heavy atom. The minimum atomic E-state index is -4.85. The number of rotatable bonds is 9. The number of ether oxygens (including phenoxy) is 2. The highest BCUT2D eigenvalue weighted by Crippen LogP contribution is 2.36. The molecule has 14 heteroatoms. The summed E-state index contributed by atoms with van der Waals surface area (Å²) in [5, 5.41) is 11.0. The van der Waals surface area contributed by atoms with Gasteiger partial charge in [-0.05, 0) is 78.2 Å². The van der Waals surface area contributed by atoms with Crippen LogP contribution in [0.4, 0.5) is 18.9 Å². The van der Waals surface area contributed by atoms with Crippen molar-refractivity contribution in [3.05, 3.63) is 102 Å². The topological polar surface area (TPSA) is 127 Å². The Hall–Kier alpha value is -4.33. The van der Waals surface area contributed by atoms with Crippen LogP contribution < -0.4 is 20.3 Å². The maximum Gasteiger partial charge on any atom is 0.573 e. The zero-order chi connectivity index (χ0) is 29.8. The quantitative estimate of drug-likeness (QED) is 0.151. The van der Waals surface area contributed by atoms with Gasteiger partial charge >= 0.3 is 6.36 Å². The van der Waals surface area contributed by atoms with E-state index in [1.165, 1.54) is 62.0 Å². The average molecular weight is 624 g/mol. The van der Waals surface area contributed by atoms with Crippen molar-refractivity contribution in [3.8, 4) is 22.6 Å². The first-order valence-corrected chi connectivity index (χ1v) is 13.5. The van der Waals surface area contributed by atoms with Crippen LogP contribution in [0.2, 0.25) is 0 Å². The molecule has 0 saturated carbocycles. The SMILES string of the molecule is COc1ccc(S(=O)(=O)C(Nc2c(C)cc(-c3ccc(OC(F)(F)F)cc3)cc2C(=O)NO)c2cccnc2)cc1.Cl. The van der Waals surface area contributed by atoms with E-state index < -0.39 is 33.2 Å². The Labute approximate surface area is 245 Å². The number of aromatic nitrogens is 1. The number of carbonyl (C=O) groups excluding carboxylic acids is 1. The van der Waals surface area contributed by atoms with Crippen molar-refractivity contribution in [1.82, 2.24) is 10.5 Å². The van der Waals surface area contributed by atoms with Crippen LogP contribution in [0.5, 0.6) is 11.5 Å². The molecule has 0 aliphatic rings. The van der Waals surface area contributed by atoms with Crippen molar-refractivity contribution in [1.29, 1.82) is 0 Å². The second-order valence-corrected chi connectivity index (χ2v) is 10.8. The lowest BCUT2D eigenvalue weighted by atomic mass is 9.97. The highest BCUT2D eigenvalue weighted by Gasteiger charge is 2.32. The summed E-state index contributed by atoms with van der Waals surface area (Å²) in [6, 6.07) is 16.9. The zero-order valence-electron chi connectivity index (χ0n) is 22.0. The molecule has 42 heavy (non-hydrogen) atoms. The Balaban J connectivity index is 0.00000484. The molecule has 0 aliphatic heterocycles. The molecule has 0 radical (unpaired) electrons. The van der Waals surface area contributed by atoms with E-state index in [0.29, 0.717) is 22.4 Å². The molecule has 222 valence electrons. The van der Waals surface area contributed by atoms with E-state index in [0.717, 1.165) is 12.1 Å². The first-order valence-electron chi connectivity index (χ1n) is 11.9. The number of nitrogens with zero attached hydrogens (tertiary/aromatic N) is 1. The number of carbonyl (C=O) groups is 1. The number of methoxy groups -OCH3 is 1. The number of hydrogen-bond donors (Lipinski definition) is 3. The average Bonchev–Trinajstić information content (AvgIpc) is 2.95. The number of halogens is 4. The summed E-state index contributed by atoms with van der Waals surface area (Å²) in [7, 11) is -2.68. The summed E-state index contributed by atoms with van der Waals surface area (Å²) in [5.74, 6) is -0.907. The minimum absolute atomic E-state index is 0. The van der Waals surface area contributed by atoms with E-state index in [1.54, 1.807) is 30.6 Å². The third-order valence-electron chi connectivity index (χ3n) is 6.06. The number of pyridine rings is 1. The van der Waals surface area contributed by atoms with Gasteiger partial charge in [-0.25, -0.2) is 13.9 Å². The second-order valence-electron chi connectivity index (χ2n) is 8.76. The maximum atomic E-state index is 13.8. The van der Waals surface area contributed by atoms with Gasteiger partial charge in [-0.1, -0.05) is 18.2 Å². The molecule has 1 amide bonds. The van der Waals surface area contributed by atoms with E-state index in [4.69, 9.17) is 4.74 Å². The van der Waals surface area contributed by atoms with Gasteiger partial charge in [0.1, 0.15) is 11.5 Å². The van der Waals surface area contributed by atoms with Crippen molar-refractivity contribution < 1.29 is 41.1 Å². The van der Waals surface area contributed by atoms with Crippen LogP contribution in [0, 0.1) is 6.92 Å². The number of hydroxylamine groups is 1. The van der Waals surface area contributed by atoms with Gasteiger partial charge in [0.05, 0.1) is 23.3 Å². The van der Waals surface area contributed by atoms with Gasteiger partial charge in [0.15, 0.2) is 5.37 Å². The van der Waals surface area contributed by atoms with Crippen LogP contribution in [0.1, 0.15) is 26.9 Å². The van der Waals surface area contributed by atoms with Crippen LogP contribution in [0.25, 0.3) is 11.1 Å². The van der Waals surface area contributed by atoms with Crippen molar-refractivity contribution in [2.24, 2.45) is 0 Å². The lowest BCUT2D eigenvalue weighted by Crippen LogP contribution is -2.26. The summed E-state index contributed by atoms with van der Waals surface area (Å²) in [4.78, 5) is 16.8. The van der Waals surface area contributed by atoms with Gasteiger partial charge in [-0.3, -0.25) is 15.0 Å². The Morgan fingerprint density at radius 3 is 2.17 bits per heavy atom. The van der Waals surface area contributed by atoms with Crippen molar-refractivity contribution >= 4 is 33.8 Å². The molecule has 4 rings (SSSR count). The van der Waals surface area contributed by atoms with Crippen LogP contribution in [0.3, 0.4) is 0 Å². The molecule has 0 saturated heterocycles. The van der Waals surface area contributed by atoms with Crippen LogP contribution in [-0.4, -0.2) is 38.0 Å². The van der Waals surface area contributed by atoms with Crippen molar-refractivity contribution in [2.75, 3.05) is 12.4 Å². The highest BCUT2D eigenvalue weighted by molar-refractivity contribution is 7.91. The third kappa shape index (κ3) is 7.29. The molecule has 1 heterocycles. The number of anilines is 1. The number of sulfone groups is 1. The zero-order valence-corrected chi connectivity index (χ0v) is 23.7. The monoisotopic (exact) mass is 623 g/mol. The predicted molar refractivity (Wildman–Crippen MR) is 151 cm³/mol. The number of nitrogens with one attached hydrogen (secondary N) is 2. The fourth-order valence-corrected chi connectivity index (χ4v) is 5.70. The Kier molecular flexibility index (Phi) is 10.0. The molecule has 3 aromatic carbocycles. The summed E-state index contributed by atoms with van der Waals surface area (Å²) >= 11 is 0. The van der Waals surface area contributed by atoms with E-state index in [2.05, 4.69) is 15.0 Å². The fraction of sp³-hybridized carbons (Fsp3) is 0.143. The molecule has 9 nitrogen and oxygen atoms in total. The molecular formula is C28H25ClF3N3O6S. The summed E-state index contributed by atoms with van der Waals surface area (Å²) in [6.07, 6.45) is -2.00. The van der Waals surface area contributed by atoms with Gasteiger partial charge in [-0.2, -0.15) is 0 Å². The van der Waals surface area contributed by atoms with E-state index in [9.17, 15) is 31.6 Å². The second kappa shape index (κ2) is 13.1. The number of hydrogen-bond acceptors (Lipinski definition) is 8.